The number of carbonyl (C=O) groups excluding carboxylic acids is 1. The van der Waals surface area contributed by atoms with Gasteiger partial charge in [0.25, 0.3) is 0 Å². The van der Waals surface area contributed by atoms with E-state index in [1.165, 1.54) is 0 Å². The van der Waals surface area contributed by atoms with Crippen molar-refractivity contribution in [1.82, 2.24) is 15.1 Å². The fourth-order valence-electron chi connectivity index (χ4n) is 2.05. The molecule has 0 aliphatic heterocycles. The van der Waals surface area contributed by atoms with Crippen LogP contribution in [0, 0.1) is 5.92 Å². The third-order valence-electron chi connectivity index (χ3n) is 3.16. The van der Waals surface area contributed by atoms with Crippen LogP contribution < -0.4 is 10.6 Å². The second-order valence-corrected chi connectivity index (χ2v) is 6.23. The van der Waals surface area contributed by atoms with E-state index in [4.69, 9.17) is 16.3 Å². The molecule has 0 unspecified atom stereocenters. The number of aromatic nitrogens is 2. The molecule has 2 amide bonds. The number of hydrogen-bond acceptors (Lipinski definition) is 3. The summed E-state index contributed by atoms with van der Waals surface area (Å²) in [7, 11) is 0. The molecule has 1 aromatic heterocycles. The molecule has 130 valence electrons. The van der Waals surface area contributed by atoms with Gasteiger partial charge in [-0.05, 0) is 36.6 Å². The van der Waals surface area contributed by atoms with Gasteiger partial charge < -0.3 is 15.4 Å². The zero-order valence-corrected chi connectivity index (χ0v) is 14.7. The lowest BCUT2D eigenvalue weighted by Crippen LogP contribution is -2.30. The van der Waals surface area contributed by atoms with Gasteiger partial charge in [-0.15, -0.1) is 0 Å². The van der Waals surface area contributed by atoms with E-state index in [1.54, 1.807) is 23.0 Å². The number of anilines is 1. The molecule has 1 aromatic carbocycles. The lowest BCUT2D eigenvalue weighted by Gasteiger charge is -2.10. The number of amides is 2. The number of rotatable bonds is 8. The van der Waals surface area contributed by atoms with Crippen molar-refractivity contribution in [2.75, 3.05) is 25.1 Å². The Hall–Kier alpha value is -2.05. The van der Waals surface area contributed by atoms with E-state index < -0.39 is 0 Å². The van der Waals surface area contributed by atoms with Crippen molar-refractivity contribution in [2.45, 2.75) is 20.3 Å². The van der Waals surface area contributed by atoms with Crippen LogP contribution in [0.3, 0.4) is 0 Å². The van der Waals surface area contributed by atoms with E-state index in [0.717, 1.165) is 18.7 Å². The van der Waals surface area contributed by atoms with Crippen LogP contribution in [0.5, 0.6) is 0 Å². The SMILES string of the molecule is CC(C)COCCCNC(=O)Nc1ccc(-n2cccn2)c(Cl)c1. The van der Waals surface area contributed by atoms with Gasteiger partial charge in [-0.2, -0.15) is 5.10 Å². The third kappa shape index (κ3) is 5.86. The first-order valence-electron chi connectivity index (χ1n) is 7.98. The molecule has 0 aliphatic carbocycles. The minimum Gasteiger partial charge on any atom is -0.381 e. The smallest absolute Gasteiger partial charge is 0.319 e. The van der Waals surface area contributed by atoms with Gasteiger partial charge in [0, 0.05) is 37.8 Å². The topological polar surface area (TPSA) is 68.2 Å². The zero-order chi connectivity index (χ0) is 17.4. The summed E-state index contributed by atoms with van der Waals surface area (Å²) in [6.07, 6.45) is 4.27. The predicted octanol–water partition coefficient (Wildman–Crippen LogP) is 3.71. The average molecular weight is 351 g/mol. The molecule has 0 aliphatic rings. The van der Waals surface area contributed by atoms with E-state index in [0.29, 0.717) is 29.8 Å². The van der Waals surface area contributed by atoms with Gasteiger partial charge in [0.1, 0.15) is 0 Å². The highest BCUT2D eigenvalue weighted by molar-refractivity contribution is 6.32. The minimum atomic E-state index is -0.262. The Balaban J connectivity index is 1.75. The third-order valence-corrected chi connectivity index (χ3v) is 3.46. The number of benzene rings is 1. The largest absolute Gasteiger partial charge is 0.381 e. The molecule has 0 atom stereocenters. The van der Waals surface area contributed by atoms with Crippen LogP contribution in [-0.2, 0) is 4.74 Å². The number of hydrogen-bond donors (Lipinski definition) is 2. The highest BCUT2D eigenvalue weighted by Gasteiger charge is 2.06. The van der Waals surface area contributed by atoms with Gasteiger partial charge >= 0.3 is 6.03 Å². The van der Waals surface area contributed by atoms with Crippen LogP contribution in [-0.4, -0.2) is 35.6 Å². The van der Waals surface area contributed by atoms with Gasteiger partial charge in [0.05, 0.1) is 10.7 Å². The summed E-state index contributed by atoms with van der Waals surface area (Å²) in [4.78, 5) is 11.9. The Labute approximate surface area is 147 Å². The van der Waals surface area contributed by atoms with Crippen molar-refractivity contribution in [3.05, 3.63) is 41.7 Å². The van der Waals surface area contributed by atoms with Crippen LogP contribution in [0.1, 0.15) is 20.3 Å². The molecular weight excluding hydrogens is 328 g/mol. The molecule has 0 bridgehead atoms. The highest BCUT2D eigenvalue weighted by atomic mass is 35.5. The molecule has 7 heteroatoms. The normalized spacial score (nSPS) is 10.8. The molecule has 0 saturated heterocycles. The van der Waals surface area contributed by atoms with E-state index in [9.17, 15) is 4.79 Å². The van der Waals surface area contributed by atoms with Gasteiger partial charge in [0.15, 0.2) is 0 Å². The summed E-state index contributed by atoms with van der Waals surface area (Å²) in [5.74, 6) is 0.524. The second kappa shape index (κ2) is 9.30. The molecule has 6 nitrogen and oxygen atoms in total. The standard InChI is InChI=1S/C17H23ClN4O2/c1-13(2)12-24-10-4-7-19-17(23)21-14-5-6-16(15(18)11-14)22-9-3-8-20-22/h3,5-6,8-9,11,13H,4,7,10,12H2,1-2H3,(H2,19,21,23). The van der Waals surface area contributed by atoms with Gasteiger partial charge in [-0.1, -0.05) is 25.4 Å². The van der Waals surface area contributed by atoms with Crippen molar-refractivity contribution in [2.24, 2.45) is 5.92 Å². The maximum Gasteiger partial charge on any atom is 0.319 e. The Morgan fingerprint density at radius 2 is 2.25 bits per heavy atom. The quantitative estimate of drug-likeness (QED) is 0.713. The predicted molar refractivity (Wildman–Crippen MR) is 95.9 cm³/mol. The van der Waals surface area contributed by atoms with Crippen LogP contribution in [0.15, 0.2) is 36.7 Å². The maximum atomic E-state index is 11.9. The summed E-state index contributed by atoms with van der Waals surface area (Å²) in [6, 6.07) is 6.85. The fraction of sp³-hybridized carbons (Fsp3) is 0.412. The molecule has 0 saturated carbocycles. The fourth-order valence-corrected chi connectivity index (χ4v) is 2.32. The first kappa shape index (κ1) is 18.3. The lowest BCUT2D eigenvalue weighted by atomic mass is 10.2. The molecule has 2 N–H and O–H groups in total. The van der Waals surface area contributed by atoms with Crippen molar-refractivity contribution in [3.8, 4) is 5.69 Å². The molecule has 1 heterocycles. The second-order valence-electron chi connectivity index (χ2n) is 5.82. The van der Waals surface area contributed by atoms with E-state index >= 15 is 0 Å². The van der Waals surface area contributed by atoms with E-state index in [-0.39, 0.29) is 6.03 Å². The number of ether oxygens (including phenoxy) is 1. The summed E-state index contributed by atoms with van der Waals surface area (Å²) >= 11 is 6.24. The average Bonchev–Trinajstić information content (AvgIpc) is 3.04. The first-order valence-corrected chi connectivity index (χ1v) is 8.36. The molecule has 2 aromatic rings. The van der Waals surface area contributed by atoms with Crippen molar-refractivity contribution in [1.29, 1.82) is 0 Å². The maximum absolute atomic E-state index is 11.9. The number of urea groups is 1. The number of nitrogens with one attached hydrogen (secondary N) is 2. The molecule has 0 radical (unpaired) electrons. The Bertz CT molecular complexity index is 644. The number of halogens is 1. The molecule has 0 spiro atoms. The molecule has 2 rings (SSSR count). The minimum absolute atomic E-state index is 0.262. The van der Waals surface area contributed by atoms with Crippen LogP contribution in [0.4, 0.5) is 10.5 Å². The van der Waals surface area contributed by atoms with Crippen LogP contribution >= 0.6 is 11.6 Å². The molecule has 24 heavy (non-hydrogen) atoms. The van der Waals surface area contributed by atoms with Crippen molar-refractivity contribution < 1.29 is 9.53 Å². The van der Waals surface area contributed by atoms with Gasteiger partial charge in [-0.25, -0.2) is 9.48 Å². The summed E-state index contributed by atoms with van der Waals surface area (Å²) in [5, 5.41) is 10.2. The summed E-state index contributed by atoms with van der Waals surface area (Å²) in [5.41, 5.74) is 1.39. The van der Waals surface area contributed by atoms with E-state index in [2.05, 4.69) is 29.6 Å². The Kier molecular flexibility index (Phi) is 7.08. The Morgan fingerprint density at radius 1 is 1.42 bits per heavy atom. The monoisotopic (exact) mass is 350 g/mol. The number of carbonyl (C=O) groups is 1. The van der Waals surface area contributed by atoms with Crippen LogP contribution in [0.2, 0.25) is 5.02 Å². The number of nitrogens with zero attached hydrogens (tertiary/aromatic N) is 2. The highest BCUT2D eigenvalue weighted by Crippen LogP contribution is 2.23. The zero-order valence-electron chi connectivity index (χ0n) is 14.0. The van der Waals surface area contributed by atoms with Crippen molar-refractivity contribution >= 4 is 23.3 Å². The summed E-state index contributed by atoms with van der Waals surface area (Å²) < 4.78 is 7.13. The summed E-state index contributed by atoms with van der Waals surface area (Å²) in [6.45, 7) is 6.15. The van der Waals surface area contributed by atoms with Crippen LogP contribution in [0.25, 0.3) is 5.69 Å². The molecule has 0 fully saturated rings. The van der Waals surface area contributed by atoms with E-state index in [1.807, 2.05) is 18.3 Å². The first-order chi connectivity index (χ1) is 11.6. The lowest BCUT2D eigenvalue weighted by molar-refractivity contribution is 0.108. The van der Waals surface area contributed by atoms with Gasteiger partial charge in [0.2, 0.25) is 0 Å². The van der Waals surface area contributed by atoms with Gasteiger partial charge in [-0.3, -0.25) is 0 Å². The molecular formula is C17H23ClN4O2. The van der Waals surface area contributed by atoms with Crippen molar-refractivity contribution in [3.63, 3.8) is 0 Å². The Morgan fingerprint density at radius 3 is 2.92 bits per heavy atom.